The summed E-state index contributed by atoms with van der Waals surface area (Å²) in [4.78, 5) is 15.3. The van der Waals surface area contributed by atoms with Gasteiger partial charge in [0.1, 0.15) is 0 Å². The van der Waals surface area contributed by atoms with Crippen LogP contribution in [-0.4, -0.2) is 48.4 Å². The second-order valence-corrected chi connectivity index (χ2v) is 3.47. The van der Waals surface area contributed by atoms with Gasteiger partial charge in [-0.2, -0.15) is 0 Å². The summed E-state index contributed by atoms with van der Waals surface area (Å²) in [5.41, 5.74) is 0. The van der Waals surface area contributed by atoms with Crippen LogP contribution in [0, 0.1) is 0 Å². The van der Waals surface area contributed by atoms with Crippen LogP contribution in [0.25, 0.3) is 0 Å². The van der Waals surface area contributed by atoms with E-state index >= 15 is 0 Å². The quantitative estimate of drug-likeness (QED) is 0.604. The molecule has 0 N–H and O–H groups in total. The number of hydrogen-bond acceptors (Lipinski definition) is 2. The lowest BCUT2D eigenvalue weighted by Gasteiger charge is -2.23. The van der Waals surface area contributed by atoms with Crippen LogP contribution in [0.1, 0.15) is 20.3 Å². The monoisotopic (exact) mass is 170 g/mol. The van der Waals surface area contributed by atoms with Gasteiger partial charge in [-0.1, -0.05) is 6.92 Å². The van der Waals surface area contributed by atoms with Crippen LogP contribution in [0.5, 0.6) is 0 Å². The summed E-state index contributed by atoms with van der Waals surface area (Å²) in [6.45, 7) is 7.08. The molecule has 3 heteroatoms. The Labute approximate surface area is 74.3 Å². The molecule has 1 heterocycles. The predicted molar refractivity (Wildman–Crippen MR) is 49.0 cm³/mol. The Kier molecular flexibility index (Phi) is 3.09. The molecule has 0 radical (unpaired) electrons. The zero-order chi connectivity index (χ0) is 9.14. The van der Waals surface area contributed by atoms with Crippen LogP contribution in [0.15, 0.2) is 0 Å². The second kappa shape index (κ2) is 3.90. The maximum Gasteiger partial charge on any atom is 0.219 e. The van der Waals surface area contributed by atoms with Gasteiger partial charge in [-0.25, -0.2) is 0 Å². The van der Waals surface area contributed by atoms with Gasteiger partial charge in [0, 0.05) is 33.1 Å². The van der Waals surface area contributed by atoms with E-state index in [-0.39, 0.29) is 5.91 Å². The van der Waals surface area contributed by atoms with Crippen molar-refractivity contribution < 1.29 is 4.79 Å². The number of carbonyl (C=O) groups is 1. The molecule has 1 unspecified atom stereocenters. The molecule has 3 nitrogen and oxygen atoms in total. The van der Waals surface area contributed by atoms with Crippen molar-refractivity contribution in [1.29, 1.82) is 0 Å². The molecule has 1 fully saturated rings. The molecule has 1 aliphatic rings. The minimum Gasteiger partial charge on any atom is -0.342 e. The average molecular weight is 170 g/mol. The molecule has 1 rings (SSSR count). The van der Waals surface area contributed by atoms with Crippen molar-refractivity contribution in [2.75, 3.05) is 26.7 Å². The minimum atomic E-state index is 0.179. The van der Waals surface area contributed by atoms with Crippen LogP contribution in [0.2, 0.25) is 0 Å². The van der Waals surface area contributed by atoms with Gasteiger partial charge < -0.3 is 9.80 Å². The van der Waals surface area contributed by atoms with E-state index in [1.807, 2.05) is 11.9 Å². The topological polar surface area (TPSA) is 23.6 Å². The number of rotatable bonds is 2. The highest BCUT2D eigenvalue weighted by molar-refractivity contribution is 5.73. The number of likely N-dealkylation sites (N-methyl/N-ethyl adjacent to an activating group) is 2. The maximum atomic E-state index is 11.0. The second-order valence-electron chi connectivity index (χ2n) is 3.47. The Hall–Kier alpha value is -0.570. The molecule has 1 atom stereocenters. The van der Waals surface area contributed by atoms with Gasteiger partial charge in [-0.05, 0) is 13.0 Å². The molecule has 12 heavy (non-hydrogen) atoms. The number of hydrogen-bond donors (Lipinski definition) is 0. The number of amides is 1. The fourth-order valence-corrected chi connectivity index (χ4v) is 1.67. The van der Waals surface area contributed by atoms with Gasteiger partial charge in [-0.15, -0.1) is 0 Å². The summed E-state index contributed by atoms with van der Waals surface area (Å²) in [6, 6.07) is 0.447. The average Bonchev–Trinajstić information content (AvgIpc) is 2.50. The van der Waals surface area contributed by atoms with E-state index < -0.39 is 0 Å². The van der Waals surface area contributed by atoms with E-state index in [0.29, 0.717) is 6.04 Å². The first-order chi connectivity index (χ1) is 5.65. The molecular weight excluding hydrogens is 152 g/mol. The normalized spacial score (nSPS) is 24.4. The highest BCUT2D eigenvalue weighted by Gasteiger charge is 2.25. The summed E-state index contributed by atoms with van der Waals surface area (Å²) in [6.07, 6.45) is 1.13. The largest absolute Gasteiger partial charge is 0.342 e. The SMILES string of the molecule is CCN1CCC(N(C)C(C)=O)C1. The molecule has 0 aliphatic carbocycles. The van der Waals surface area contributed by atoms with Crippen molar-refractivity contribution in [3.63, 3.8) is 0 Å². The first kappa shape index (κ1) is 9.52. The fraction of sp³-hybridized carbons (Fsp3) is 0.889. The van der Waals surface area contributed by atoms with Crippen molar-refractivity contribution >= 4 is 5.91 Å². The zero-order valence-electron chi connectivity index (χ0n) is 8.21. The minimum absolute atomic E-state index is 0.179. The standard InChI is InChI=1S/C9H18N2O/c1-4-11-6-5-9(7-11)10(3)8(2)12/h9H,4-7H2,1-3H3. The van der Waals surface area contributed by atoms with E-state index in [4.69, 9.17) is 0 Å². The third-order valence-corrected chi connectivity index (χ3v) is 2.74. The third-order valence-electron chi connectivity index (χ3n) is 2.74. The molecule has 1 saturated heterocycles. The van der Waals surface area contributed by atoms with E-state index in [0.717, 1.165) is 26.1 Å². The number of nitrogens with zero attached hydrogens (tertiary/aromatic N) is 2. The van der Waals surface area contributed by atoms with E-state index in [1.54, 1.807) is 6.92 Å². The van der Waals surface area contributed by atoms with Crippen molar-refractivity contribution in [2.45, 2.75) is 26.3 Å². The van der Waals surface area contributed by atoms with E-state index in [1.165, 1.54) is 0 Å². The van der Waals surface area contributed by atoms with Crippen molar-refractivity contribution in [1.82, 2.24) is 9.80 Å². The lowest BCUT2D eigenvalue weighted by Crippen LogP contribution is -2.37. The van der Waals surface area contributed by atoms with Gasteiger partial charge in [0.25, 0.3) is 0 Å². The first-order valence-corrected chi connectivity index (χ1v) is 4.61. The smallest absolute Gasteiger partial charge is 0.219 e. The Morgan fingerprint density at radius 3 is 2.75 bits per heavy atom. The fourth-order valence-electron chi connectivity index (χ4n) is 1.67. The Morgan fingerprint density at radius 1 is 1.67 bits per heavy atom. The highest BCUT2D eigenvalue weighted by Crippen LogP contribution is 2.13. The molecule has 0 aromatic rings. The van der Waals surface area contributed by atoms with Crippen LogP contribution in [0.4, 0.5) is 0 Å². The molecule has 0 bridgehead atoms. The Balaban J connectivity index is 2.41. The maximum absolute atomic E-state index is 11.0. The molecule has 70 valence electrons. The molecule has 1 amide bonds. The molecule has 0 aromatic carbocycles. The summed E-state index contributed by atoms with van der Waals surface area (Å²) >= 11 is 0. The Morgan fingerprint density at radius 2 is 2.33 bits per heavy atom. The highest BCUT2D eigenvalue weighted by atomic mass is 16.2. The Bertz CT molecular complexity index is 170. The van der Waals surface area contributed by atoms with Gasteiger partial charge in [0.15, 0.2) is 0 Å². The van der Waals surface area contributed by atoms with E-state index in [2.05, 4.69) is 11.8 Å². The van der Waals surface area contributed by atoms with Crippen molar-refractivity contribution in [3.05, 3.63) is 0 Å². The number of likely N-dealkylation sites (tertiary alicyclic amines) is 1. The number of carbonyl (C=O) groups excluding carboxylic acids is 1. The first-order valence-electron chi connectivity index (χ1n) is 4.61. The molecule has 0 saturated carbocycles. The van der Waals surface area contributed by atoms with Crippen molar-refractivity contribution in [3.8, 4) is 0 Å². The lowest BCUT2D eigenvalue weighted by atomic mass is 10.2. The van der Waals surface area contributed by atoms with Crippen molar-refractivity contribution in [2.24, 2.45) is 0 Å². The van der Waals surface area contributed by atoms with Crippen LogP contribution >= 0.6 is 0 Å². The third kappa shape index (κ3) is 1.97. The van der Waals surface area contributed by atoms with Gasteiger partial charge in [0.2, 0.25) is 5.91 Å². The molecule has 0 spiro atoms. The summed E-state index contributed by atoms with van der Waals surface area (Å²) < 4.78 is 0. The molecule has 0 aromatic heterocycles. The lowest BCUT2D eigenvalue weighted by molar-refractivity contribution is -0.129. The summed E-state index contributed by atoms with van der Waals surface area (Å²) in [5, 5.41) is 0. The summed E-state index contributed by atoms with van der Waals surface area (Å²) in [7, 11) is 1.90. The zero-order valence-corrected chi connectivity index (χ0v) is 8.21. The van der Waals surface area contributed by atoms with Gasteiger partial charge >= 0.3 is 0 Å². The van der Waals surface area contributed by atoms with Crippen LogP contribution in [-0.2, 0) is 4.79 Å². The summed E-state index contributed by atoms with van der Waals surface area (Å²) in [5.74, 6) is 0.179. The van der Waals surface area contributed by atoms with E-state index in [9.17, 15) is 4.79 Å². The van der Waals surface area contributed by atoms with Gasteiger partial charge in [0.05, 0.1) is 0 Å². The van der Waals surface area contributed by atoms with Gasteiger partial charge in [-0.3, -0.25) is 4.79 Å². The molecule has 1 aliphatic heterocycles. The van der Waals surface area contributed by atoms with Crippen LogP contribution < -0.4 is 0 Å². The predicted octanol–water partition coefficient (Wildman–Crippen LogP) is 0.559. The van der Waals surface area contributed by atoms with Crippen LogP contribution in [0.3, 0.4) is 0 Å². The molecular formula is C9H18N2O.